The van der Waals surface area contributed by atoms with Crippen molar-refractivity contribution < 1.29 is 33.9 Å². The van der Waals surface area contributed by atoms with Crippen molar-refractivity contribution in [2.45, 2.75) is 84.5 Å². The molecule has 0 aliphatic carbocycles. The van der Waals surface area contributed by atoms with Gasteiger partial charge < -0.3 is 24.5 Å². The summed E-state index contributed by atoms with van der Waals surface area (Å²) in [6.07, 6.45) is 15.0. The van der Waals surface area contributed by atoms with E-state index in [2.05, 4.69) is 6.92 Å². The molecule has 0 radical (unpaired) electrons. The van der Waals surface area contributed by atoms with Gasteiger partial charge in [0, 0.05) is 12.2 Å². The maximum atomic E-state index is 11.5. The maximum absolute atomic E-state index is 11.5. The number of carbonyl (C=O) groups excluding carboxylic acids is 1. The summed E-state index contributed by atoms with van der Waals surface area (Å²) < 4.78 is 14.1. The lowest BCUT2D eigenvalue weighted by atomic mass is 10.1. The van der Waals surface area contributed by atoms with E-state index in [1.54, 1.807) is 13.0 Å². The van der Waals surface area contributed by atoms with Gasteiger partial charge in [0.15, 0.2) is 0 Å². The highest BCUT2D eigenvalue weighted by atomic mass is 31.2. The molecule has 26 heavy (non-hydrogen) atoms. The average molecular weight is 396 g/mol. The smallest absolute Gasteiger partial charge is 0.462 e. The first-order valence-corrected chi connectivity index (χ1v) is 11.0. The minimum absolute atomic E-state index is 0.0725. The quantitative estimate of drug-likeness (QED) is 0.152. The van der Waals surface area contributed by atoms with E-state index in [0.29, 0.717) is 18.6 Å². The third-order valence-corrected chi connectivity index (χ3v) is 3.63. The summed E-state index contributed by atoms with van der Waals surface area (Å²) in [4.78, 5) is 33.1. The van der Waals surface area contributed by atoms with Gasteiger partial charge in [0.25, 0.3) is 0 Å². The van der Waals surface area contributed by atoms with E-state index in [1.165, 1.54) is 51.4 Å². The van der Waals surface area contributed by atoms with Crippen LogP contribution in [0.3, 0.4) is 0 Å². The van der Waals surface area contributed by atoms with E-state index in [9.17, 15) is 4.79 Å². The molecule has 0 heterocycles. The number of aliphatic hydroxyl groups is 1. The lowest BCUT2D eigenvalue weighted by Gasteiger charge is -2.05. The summed E-state index contributed by atoms with van der Waals surface area (Å²) in [5.74, 6) is -0.251. The molecule has 0 unspecified atom stereocenters. The lowest BCUT2D eigenvalue weighted by Crippen LogP contribution is -2.07. The zero-order valence-corrected chi connectivity index (χ0v) is 17.1. The van der Waals surface area contributed by atoms with Gasteiger partial charge in [-0.1, -0.05) is 70.8 Å². The first-order valence-electron chi connectivity index (χ1n) is 9.45. The van der Waals surface area contributed by atoms with E-state index in [4.69, 9.17) is 29.1 Å². The van der Waals surface area contributed by atoms with Gasteiger partial charge in [-0.25, -0.2) is 9.36 Å². The van der Waals surface area contributed by atoms with Gasteiger partial charge in [0.1, 0.15) is 0 Å². The molecule has 0 spiro atoms. The summed E-state index contributed by atoms with van der Waals surface area (Å²) in [5, 5.41) is 8.68. The third-order valence-electron chi connectivity index (χ3n) is 3.63. The van der Waals surface area contributed by atoms with E-state index < -0.39 is 7.82 Å². The number of hydrogen-bond acceptors (Lipinski definition) is 4. The van der Waals surface area contributed by atoms with Crippen molar-refractivity contribution >= 4 is 13.8 Å². The Labute approximate surface area is 157 Å². The number of rotatable bonds is 14. The molecule has 0 aromatic heterocycles. The van der Waals surface area contributed by atoms with Crippen molar-refractivity contribution in [2.75, 3.05) is 13.2 Å². The Hall–Kier alpha value is -0.720. The number of esters is 1. The van der Waals surface area contributed by atoms with Crippen LogP contribution in [0.2, 0.25) is 0 Å². The van der Waals surface area contributed by atoms with Crippen LogP contribution in [0, 0.1) is 0 Å². The largest absolute Gasteiger partial charge is 0.466 e. The summed E-state index contributed by atoms with van der Waals surface area (Å²) in [6.45, 7) is 4.57. The van der Waals surface area contributed by atoms with Gasteiger partial charge in [-0.15, -0.1) is 0 Å². The molecule has 0 bridgehead atoms. The van der Waals surface area contributed by atoms with Gasteiger partial charge in [-0.2, -0.15) is 0 Å². The number of phosphoric acid groups is 1. The minimum Gasteiger partial charge on any atom is -0.462 e. The third kappa shape index (κ3) is 28.1. The van der Waals surface area contributed by atoms with Gasteiger partial charge in [0.05, 0.1) is 6.61 Å². The molecule has 0 amide bonds. The van der Waals surface area contributed by atoms with Crippen molar-refractivity contribution in [3.8, 4) is 0 Å². The zero-order chi connectivity index (χ0) is 20.3. The van der Waals surface area contributed by atoms with Crippen LogP contribution in [-0.2, 0) is 14.1 Å². The topological polar surface area (TPSA) is 124 Å². The van der Waals surface area contributed by atoms with Gasteiger partial charge >= 0.3 is 13.8 Å². The fraction of sp³-hybridized carbons (Fsp3) is 0.833. The number of aliphatic hydroxyl groups excluding tert-OH is 1. The maximum Gasteiger partial charge on any atom is 0.466 e. The van der Waals surface area contributed by atoms with Crippen molar-refractivity contribution in [2.24, 2.45) is 0 Å². The molecular formula is C18H37O7P. The van der Waals surface area contributed by atoms with Crippen molar-refractivity contribution in [1.82, 2.24) is 0 Å². The highest BCUT2D eigenvalue weighted by molar-refractivity contribution is 7.45. The van der Waals surface area contributed by atoms with Crippen molar-refractivity contribution in [3.63, 3.8) is 0 Å². The number of hydrogen-bond donors (Lipinski definition) is 4. The molecule has 0 aliphatic rings. The van der Waals surface area contributed by atoms with Crippen LogP contribution in [0.4, 0.5) is 0 Å². The predicted octanol–water partition coefficient (Wildman–Crippen LogP) is 3.85. The van der Waals surface area contributed by atoms with Crippen LogP contribution in [0.25, 0.3) is 0 Å². The standard InChI is InChI=1S/C18H34O3.H3O4P/c1-3-4-5-6-7-8-9-10-11-12-16-21-18(20)17(2)14-13-15-19;1-5(2,3)4/h14,19H,3-13,15-16H2,1-2H3;(H3,1,2,3,4). The van der Waals surface area contributed by atoms with E-state index in [-0.39, 0.29) is 12.6 Å². The van der Waals surface area contributed by atoms with E-state index in [0.717, 1.165) is 12.8 Å². The van der Waals surface area contributed by atoms with Gasteiger partial charge in [0.2, 0.25) is 0 Å². The van der Waals surface area contributed by atoms with Crippen LogP contribution < -0.4 is 0 Å². The fourth-order valence-electron chi connectivity index (χ4n) is 2.23. The highest BCUT2D eigenvalue weighted by Gasteiger charge is 2.04. The molecule has 7 nitrogen and oxygen atoms in total. The lowest BCUT2D eigenvalue weighted by molar-refractivity contribution is -0.139. The van der Waals surface area contributed by atoms with Gasteiger partial charge in [-0.3, -0.25) is 0 Å². The minimum atomic E-state index is -4.64. The molecule has 0 aromatic carbocycles. The molecule has 0 aromatic rings. The zero-order valence-electron chi connectivity index (χ0n) is 16.2. The molecule has 4 N–H and O–H groups in total. The number of carbonyl (C=O) groups is 1. The molecule has 156 valence electrons. The molecule has 0 atom stereocenters. The first-order chi connectivity index (χ1) is 12.2. The van der Waals surface area contributed by atoms with Crippen molar-refractivity contribution in [1.29, 1.82) is 0 Å². The highest BCUT2D eigenvalue weighted by Crippen LogP contribution is 2.25. The van der Waals surface area contributed by atoms with Crippen LogP contribution in [-0.4, -0.2) is 39.0 Å². The van der Waals surface area contributed by atoms with E-state index in [1.807, 2.05) is 0 Å². The molecule has 0 saturated carbocycles. The summed E-state index contributed by atoms with van der Waals surface area (Å²) in [7, 11) is -4.64. The molecule has 0 aliphatic heterocycles. The van der Waals surface area contributed by atoms with Crippen molar-refractivity contribution in [3.05, 3.63) is 11.6 Å². The molecule has 0 fully saturated rings. The van der Waals surface area contributed by atoms with Crippen LogP contribution in [0.15, 0.2) is 11.6 Å². The summed E-state index contributed by atoms with van der Waals surface area (Å²) in [6, 6.07) is 0. The second kappa shape index (κ2) is 19.1. The molecule has 8 heteroatoms. The van der Waals surface area contributed by atoms with Gasteiger partial charge in [-0.05, 0) is 19.8 Å². The summed E-state index contributed by atoms with van der Waals surface area (Å²) in [5.41, 5.74) is 0.594. The Morgan fingerprint density at radius 3 is 1.77 bits per heavy atom. The number of ether oxygens (including phenoxy) is 1. The Kier molecular flexibility index (Phi) is 20.2. The molecule has 0 rings (SSSR count). The second-order valence-corrected chi connectivity index (χ2v) is 7.26. The Morgan fingerprint density at radius 1 is 0.923 bits per heavy atom. The molecule has 0 saturated heterocycles. The fourth-order valence-corrected chi connectivity index (χ4v) is 2.23. The SMILES string of the molecule is CCCCCCCCCCCCOC(=O)C(C)=CCCO.O=P(O)(O)O. The second-order valence-electron chi connectivity index (χ2n) is 6.23. The monoisotopic (exact) mass is 396 g/mol. The van der Waals surface area contributed by atoms with Crippen LogP contribution in [0.1, 0.15) is 84.5 Å². The average Bonchev–Trinajstić information content (AvgIpc) is 2.55. The predicted molar refractivity (Wildman–Crippen MR) is 103 cm³/mol. The van der Waals surface area contributed by atoms with Crippen LogP contribution in [0.5, 0.6) is 0 Å². The summed E-state index contributed by atoms with van der Waals surface area (Å²) >= 11 is 0. The van der Waals surface area contributed by atoms with Crippen LogP contribution >= 0.6 is 7.82 Å². The Morgan fingerprint density at radius 2 is 1.35 bits per heavy atom. The normalized spacial score (nSPS) is 11.7. The Bertz CT molecular complexity index is 396. The first kappa shape index (κ1) is 27.5. The molecular weight excluding hydrogens is 359 g/mol. The Balaban J connectivity index is 0. The van der Waals surface area contributed by atoms with E-state index >= 15 is 0 Å². The number of unbranched alkanes of at least 4 members (excludes halogenated alkanes) is 9.